The first-order valence-electron chi connectivity index (χ1n) is 8.55. The summed E-state index contributed by atoms with van der Waals surface area (Å²) in [6.45, 7) is 0.694. The zero-order valence-electron chi connectivity index (χ0n) is 14.6. The van der Waals surface area contributed by atoms with Crippen LogP contribution in [0.2, 0.25) is 0 Å². The van der Waals surface area contributed by atoms with Gasteiger partial charge in [0.2, 0.25) is 5.91 Å². The summed E-state index contributed by atoms with van der Waals surface area (Å²) in [6.07, 6.45) is 1.87. The minimum atomic E-state index is -0.253. The van der Waals surface area contributed by atoms with Crippen molar-refractivity contribution in [1.29, 1.82) is 0 Å². The van der Waals surface area contributed by atoms with Crippen LogP contribution in [0.1, 0.15) is 34.8 Å². The van der Waals surface area contributed by atoms with Crippen LogP contribution in [0, 0.1) is 0 Å². The van der Waals surface area contributed by atoms with E-state index in [9.17, 15) is 9.59 Å². The van der Waals surface area contributed by atoms with E-state index in [4.69, 9.17) is 4.74 Å². The van der Waals surface area contributed by atoms with E-state index < -0.39 is 0 Å². The Labute approximate surface area is 161 Å². The van der Waals surface area contributed by atoms with Gasteiger partial charge in [-0.05, 0) is 48.7 Å². The number of ether oxygens (including phenoxy) is 1. The van der Waals surface area contributed by atoms with E-state index in [1.807, 2.05) is 35.2 Å². The fourth-order valence-corrected chi connectivity index (χ4v) is 3.65. The van der Waals surface area contributed by atoms with Gasteiger partial charge in [-0.3, -0.25) is 9.59 Å². The number of carbonyl (C=O) groups excluding carboxylic acids is 2. The highest BCUT2D eigenvalue weighted by Gasteiger charge is 2.30. The van der Waals surface area contributed by atoms with E-state index in [0.717, 1.165) is 28.6 Å². The minimum Gasteiger partial charge on any atom is -0.497 e. The van der Waals surface area contributed by atoms with E-state index in [1.54, 1.807) is 25.3 Å². The van der Waals surface area contributed by atoms with Gasteiger partial charge in [0.05, 0.1) is 19.7 Å². The van der Waals surface area contributed by atoms with E-state index in [2.05, 4.69) is 21.2 Å². The van der Waals surface area contributed by atoms with Gasteiger partial charge in [-0.15, -0.1) is 0 Å². The van der Waals surface area contributed by atoms with Gasteiger partial charge in [-0.1, -0.05) is 34.1 Å². The molecule has 1 aliphatic heterocycles. The lowest BCUT2D eigenvalue weighted by Crippen LogP contribution is -2.39. The first-order valence-corrected chi connectivity index (χ1v) is 9.35. The van der Waals surface area contributed by atoms with Gasteiger partial charge >= 0.3 is 0 Å². The second kappa shape index (κ2) is 8.36. The number of amides is 2. The average molecular weight is 417 g/mol. The molecule has 2 aromatic rings. The third-order valence-corrected chi connectivity index (χ3v) is 5.03. The van der Waals surface area contributed by atoms with Gasteiger partial charge in [0, 0.05) is 16.6 Å². The lowest BCUT2D eigenvalue weighted by Gasteiger charge is -2.25. The smallest absolute Gasteiger partial charge is 0.251 e. The molecular weight excluding hydrogens is 396 g/mol. The topological polar surface area (TPSA) is 58.6 Å². The molecule has 1 fully saturated rings. The van der Waals surface area contributed by atoms with E-state index >= 15 is 0 Å². The standard InChI is InChI=1S/C20H21BrN2O3/c1-26-17-8-3-5-14(12-17)18-9-4-10-23(18)19(24)13-22-20(25)15-6-2-7-16(21)11-15/h2-3,5-8,11-12,18H,4,9-10,13H2,1H3,(H,22,25). The molecule has 1 aliphatic rings. The van der Waals surface area contributed by atoms with Crippen LogP contribution in [-0.2, 0) is 4.79 Å². The Morgan fingerprint density at radius 1 is 1.23 bits per heavy atom. The van der Waals surface area contributed by atoms with Gasteiger partial charge in [-0.25, -0.2) is 0 Å². The highest BCUT2D eigenvalue weighted by Crippen LogP contribution is 2.33. The third-order valence-electron chi connectivity index (χ3n) is 4.54. The molecule has 1 unspecified atom stereocenters. The number of halogens is 1. The quantitative estimate of drug-likeness (QED) is 0.810. The Hall–Kier alpha value is -2.34. The number of nitrogens with zero attached hydrogens (tertiary/aromatic N) is 1. The predicted molar refractivity (Wildman–Crippen MR) is 103 cm³/mol. The van der Waals surface area contributed by atoms with Crippen LogP contribution < -0.4 is 10.1 Å². The fourth-order valence-electron chi connectivity index (χ4n) is 3.25. The van der Waals surface area contributed by atoms with Crippen molar-refractivity contribution in [2.45, 2.75) is 18.9 Å². The Kier molecular flexibility index (Phi) is 5.93. The summed E-state index contributed by atoms with van der Waals surface area (Å²) in [4.78, 5) is 26.7. The molecule has 0 spiro atoms. The van der Waals surface area contributed by atoms with Crippen LogP contribution in [0.5, 0.6) is 5.75 Å². The lowest BCUT2D eigenvalue weighted by molar-refractivity contribution is -0.131. The SMILES string of the molecule is COc1cccc(C2CCCN2C(=O)CNC(=O)c2cccc(Br)c2)c1. The Morgan fingerprint density at radius 2 is 2.04 bits per heavy atom. The number of likely N-dealkylation sites (tertiary alicyclic amines) is 1. The van der Waals surface area contributed by atoms with Crippen LogP contribution in [0.15, 0.2) is 53.0 Å². The molecule has 2 aromatic carbocycles. The van der Waals surface area contributed by atoms with Crippen LogP contribution in [0.3, 0.4) is 0 Å². The molecule has 1 heterocycles. The molecule has 0 bridgehead atoms. The molecule has 0 radical (unpaired) electrons. The fraction of sp³-hybridized carbons (Fsp3) is 0.300. The predicted octanol–water partition coefficient (Wildman–Crippen LogP) is 3.55. The summed E-state index contributed by atoms with van der Waals surface area (Å²) in [6, 6.07) is 14.9. The zero-order valence-corrected chi connectivity index (χ0v) is 16.2. The van der Waals surface area contributed by atoms with E-state index in [0.29, 0.717) is 12.1 Å². The van der Waals surface area contributed by atoms with Gasteiger partial charge in [0.1, 0.15) is 5.75 Å². The van der Waals surface area contributed by atoms with Gasteiger partial charge in [0.25, 0.3) is 5.91 Å². The molecule has 2 amide bonds. The molecule has 0 saturated carbocycles. The van der Waals surface area contributed by atoms with Crippen molar-refractivity contribution in [2.75, 3.05) is 20.2 Å². The third kappa shape index (κ3) is 4.25. The largest absolute Gasteiger partial charge is 0.497 e. The van der Waals surface area contributed by atoms with Crippen LogP contribution in [0.4, 0.5) is 0 Å². The normalized spacial score (nSPS) is 16.4. The monoisotopic (exact) mass is 416 g/mol. The number of rotatable bonds is 5. The summed E-state index contributed by atoms with van der Waals surface area (Å²) in [5, 5.41) is 2.72. The molecular formula is C20H21BrN2O3. The Bertz CT molecular complexity index is 809. The maximum Gasteiger partial charge on any atom is 0.251 e. The number of methoxy groups -OCH3 is 1. The van der Waals surface area contributed by atoms with Crippen molar-refractivity contribution in [3.8, 4) is 5.75 Å². The molecule has 1 atom stereocenters. The molecule has 26 heavy (non-hydrogen) atoms. The number of hydrogen-bond donors (Lipinski definition) is 1. The number of carbonyl (C=O) groups is 2. The maximum absolute atomic E-state index is 12.7. The summed E-state index contributed by atoms with van der Waals surface area (Å²) in [5.74, 6) is 0.459. The molecule has 1 N–H and O–H groups in total. The first kappa shape index (κ1) is 18.5. The van der Waals surface area contributed by atoms with Gasteiger partial charge in [0.15, 0.2) is 0 Å². The molecule has 3 rings (SSSR count). The van der Waals surface area contributed by atoms with Crippen molar-refractivity contribution in [2.24, 2.45) is 0 Å². The van der Waals surface area contributed by atoms with Crippen LogP contribution in [-0.4, -0.2) is 36.9 Å². The summed E-state index contributed by atoms with van der Waals surface area (Å²) < 4.78 is 6.11. The second-order valence-corrected chi connectivity index (χ2v) is 7.13. The average Bonchev–Trinajstić information content (AvgIpc) is 3.16. The van der Waals surface area contributed by atoms with Crippen LogP contribution >= 0.6 is 15.9 Å². The lowest BCUT2D eigenvalue weighted by atomic mass is 10.0. The summed E-state index contributed by atoms with van der Waals surface area (Å²) in [7, 11) is 1.63. The van der Waals surface area contributed by atoms with E-state index in [-0.39, 0.29) is 24.4 Å². The van der Waals surface area contributed by atoms with Gasteiger partial charge < -0.3 is 15.0 Å². The first-order chi connectivity index (χ1) is 12.6. The van der Waals surface area contributed by atoms with Crippen molar-refractivity contribution in [3.05, 3.63) is 64.1 Å². The highest BCUT2D eigenvalue weighted by atomic mass is 79.9. The number of benzene rings is 2. The zero-order chi connectivity index (χ0) is 18.5. The minimum absolute atomic E-state index is 0.00812. The maximum atomic E-state index is 12.7. The van der Waals surface area contributed by atoms with Crippen molar-refractivity contribution < 1.29 is 14.3 Å². The second-order valence-electron chi connectivity index (χ2n) is 6.21. The van der Waals surface area contributed by atoms with Crippen LogP contribution in [0.25, 0.3) is 0 Å². The Balaban J connectivity index is 1.64. The molecule has 5 nitrogen and oxygen atoms in total. The molecule has 6 heteroatoms. The summed E-state index contributed by atoms with van der Waals surface area (Å²) in [5.41, 5.74) is 1.59. The highest BCUT2D eigenvalue weighted by molar-refractivity contribution is 9.10. The molecule has 1 saturated heterocycles. The molecule has 0 aliphatic carbocycles. The van der Waals surface area contributed by atoms with Gasteiger partial charge in [-0.2, -0.15) is 0 Å². The van der Waals surface area contributed by atoms with Crippen molar-refractivity contribution in [1.82, 2.24) is 10.2 Å². The van der Waals surface area contributed by atoms with Crippen molar-refractivity contribution >= 4 is 27.7 Å². The van der Waals surface area contributed by atoms with Crippen molar-refractivity contribution in [3.63, 3.8) is 0 Å². The number of hydrogen-bond acceptors (Lipinski definition) is 3. The number of nitrogens with one attached hydrogen (secondary N) is 1. The molecule has 0 aromatic heterocycles. The summed E-state index contributed by atoms with van der Waals surface area (Å²) >= 11 is 3.34. The molecule has 136 valence electrons. The van der Waals surface area contributed by atoms with E-state index in [1.165, 1.54) is 0 Å². The Morgan fingerprint density at radius 3 is 2.81 bits per heavy atom.